The SMILES string of the molecule is CCOC(OCC)O[Si]CCCCCCc1cc(F)c(F)c(F)c1F. The Morgan fingerprint density at radius 3 is 2.16 bits per heavy atom. The lowest BCUT2D eigenvalue weighted by Gasteiger charge is -2.16. The quantitative estimate of drug-likeness (QED) is 0.123. The molecule has 0 N–H and O–H groups in total. The van der Waals surface area contributed by atoms with Crippen molar-refractivity contribution in [2.24, 2.45) is 0 Å². The third kappa shape index (κ3) is 7.85. The number of benzene rings is 1. The molecule has 0 saturated heterocycles. The van der Waals surface area contributed by atoms with Gasteiger partial charge in [0, 0.05) is 13.2 Å². The Morgan fingerprint density at radius 2 is 1.52 bits per heavy atom. The highest BCUT2D eigenvalue weighted by atomic mass is 28.2. The zero-order chi connectivity index (χ0) is 18.7. The highest BCUT2D eigenvalue weighted by molar-refractivity contribution is 6.27. The Bertz CT molecular complexity index is 511. The summed E-state index contributed by atoms with van der Waals surface area (Å²) in [7, 11) is 0.259. The minimum Gasteiger partial charge on any atom is -0.372 e. The second-order valence-corrected chi connectivity index (χ2v) is 6.36. The van der Waals surface area contributed by atoms with Gasteiger partial charge in [-0.05, 0) is 44.4 Å². The molecule has 0 aliphatic rings. The molecule has 0 aliphatic carbocycles. The summed E-state index contributed by atoms with van der Waals surface area (Å²) >= 11 is 0. The van der Waals surface area contributed by atoms with E-state index in [-0.39, 0.29) is 21.7 Å². The summed E-state index contributed by atoms with van der Waals surface area (Å²) in [6.45, 7) is 4.12. The van der Waals surface area contributed by atoms with E-state index in [9.17, 15) is 17.6 Å². The predicted octanol–water partition coefficient (Wildman–Crippen LogP) is 4.76. The maximum atomic E-state index is 13.5. The molecule has 2 radical (unpaired) electrons. The first-order valence-corrected chi connectivity index (χ1v) is 9.56. The lowest BCUT2D eigenvalue weighted by molar-refractivity contribution is -0.243. The van der Waals surface area contributed by atoms with Crippen LogP contribution in [0.15, 0.2) is 6.07 Å². The van der Waals surface area contributed by atoms with E-state index in [1.807, 2.05) is 13.8 Å². The maximum absolute atomic E-state index is 13.5. The number of halogens is 4. The molecule has 25 heavy (non-hydrogen) atoms. The highest BCUT2D eigenvalue weighted by Crippen LogP contribution is 2.20. The van der Waals surface area contributed by atoms with Gasteiger partial charge < -0.3 is 13.9 Å². The summed E-state index contributed by atoms with van der Waals surface area (Å²) in [5, 5.41) is 0. The molecule has 0 heterocycles. The van der Waals surface area contributed by atoms with Crippen LogP contribution in [-0.2, 0) is 20.3 Å². The Kier molecular flexibility index (Phi) is 11.0. The number of ether oxygens (including phenoxy) is 2. The molecule has 0 aliphatic heterocycles. The molecule has 1 aromatic rings. The van der Waals surface area contributed by atoms with E-state index in [1.165, 1.54) is 0 Å². The Morgan fingerprint density at radius 1 is 0.880 bits per heavy atom. The van der Waals surface area contributed by atoms with Crippen LogP contribution in [0.2, 0.25) is 6.04 Å². The summed E-state index contributed by atoms with van der Waals surface area (Å²) in [6.07, 6.45) is 3.34. The van der Waals surface area contributed by atoms with E-state index < -0.39 is 29.7 Å². The van der Waals surface area contributed by atoms with Crippen LogP contribution in [0.4, 0.5) is 17.6 Å². The van der Waals surface area contributed by atoms with Crippen LogP contribution < -0.4 is 0 Å². The molecule has 0 atom stereocenters. The van der Waals surface area contributed by atoms with Crippen molar-refractivity contribution < 1.29 is 31.5 Å². The molecule has 1 rings (SSSR count). The third-order valence-electron chi connectivity index (χ3n) is 3.44. The topological polar surface area (TPSA) is 27.7 Å². The van der Waals surface area contributed by atoms with Gasteiger partial charge in [0.2, 0.25) is 9.76 Å². The smallest absolute Gasteiger partial charge is 0.261 e. The van der Waals surface area contributed by atoms with Crippen molar-refractivity contribution in [2.75, 3.05) is 13.2 Å². The van der Waals surface area contributed by atoms with Crippen LogP contribution in [-0.4, -0.2) is 29.5 Å². The summed E-state index contributed by atoms with van der Waals surface area (Å²) in [5.41, 5.74) is -0.127. The van der Waals surface area contributed by atoms with Gasteiger partial charge in [-0.25, -0.2) is 17.6 Å². The molecule has 0 unspecified atom stereocenters. The fourth-order valence-electron chi connectivity index (χ4n) is 2.19. The summed E-state index contributed by atoms with van der Waals surface area (Å²) in [5.74, 6) is -6.16. The van der Waals surface area contributed by atoms with Crippen LogP contribution >= 0.6 is 0 Å². The number of rotatable bonds is 13. The first kappa shape index (κ1) is 22.1. The predicted molar refractivity (Wildman–Crippen MR) is 87.1 cm³/mol. The van der Waals surface area contributed by atoms with Crippen LogP contribution in [0.1, 0.15) is 45.1 Å². The first-order valence-electron chi connectivity index (χ1n) is 8.44. The van der Waals surface area contributed by atoms with Gasteiger partial charge in [-0.1, -0.05) is 19.3 Å². The average molecular weight is 380 g/mol. The van der Waals surface area contributed by atoms with Crippen molar-refractivity contribution in [1.29, 1.82) is 0 Å². The molecular formula is C17H24F4O3Si. The van der Waals surface area contributed by atoms with E-state index in [0.29, 0.717) is 19.6 Å². The number of unbranched alkanes of at least 4 members (excludes halogenated alkanes) is 3. The highest BCUT2D eigenvalue weighted by Gasteiger charge is 2.18. The van der Waals surface area contributed by atoms with Crippen LogP contribution in [0, 0.1) is 23.3 Å². The van der Waals surface area contributed by atoms with Gasteiger partial charge in [0.1, 0.15) is 0 Å². The van der Waals surface area contributed by atoms with Gasteiger partial charge in [0.05, 0.1) is 0 Å². The van der Waals surface area contributed by atoms with Crippen LogP contribution in [0.3, 0.4) is 0 Å². The molecule has 0 amide bonds. The average Bonchev–Trinajstić information content (AvgIpc) is 2.59. The van der Waals surface area contributed by atoms with E-state index in [1.54, 1.807) is 0 Å². The second kappa shape index (κ2) is 12.4. The fourth-order valence-corrected chi connectivity index (χ4v) is 2.97. The van der Waals surface area contributed by atoms with Crippen molar-refractivity contribution >= 4 is 9.76 Å². The van der Waals surface area contributed by atoms with Gasteiger partial charge in [-0.3, -0.25) is 0 Å². The lowest BCUT2D eigenvalue weighted by atomic mass is 10.1. The van der Waals surface area contributed by atoms with Gasteiger partial charge >= 0.3 is 0 Å². The normalized spacial score (nSPS) is 11.5. The van der Waals surface area contributed by atoms with Gasteiger partial charge in [-0.15, -0.1) is 0 Å². The molecule has 0 spiro atoms. The summed E-state index contributed by atoms with van der Waals surface area (Å²) in [4.78, 5) is 0. The molecule has 8 heteroatoms. The molecule has 0 aromatic heterocycles. The Hall–Kier alpha value is -0.963. The number of hydrogen-bond acceptors (Lipinski definition) is 3. The molecule has 142 valence electrons. The zero-order valence-corrected chi connectivity index (χ0v) is 15.5. The van der Waals surface area contributed by atoms with Crippen molar-refractivity contribution in [3.63, 3.8) is 0 Å². The molecular weight excluding hydrogens is 356 g/mol. The van der Waals surface area contributed by atoms with Gasteiger partial charge in [0.25, 0.3) is 6.48 Å². The lowest BCUT2D eigenvalue weighted by Crippen LogP contribution is -2.22. The summed E-state index contributed by atoms with van der Waals surface area (Å²) < 4.78 is 68.6. The van der Waals surface area contributed by atoms with Crippen molar-refractivity contribution in [1.82, 2.24) is 0 Å². The minimum atomic E-state index is -1.76. The largest absolute Gasteiger partial charge is 0.372 e. The number of hydrogen-bond donors (Lipinski definition) is 0. The molecule has 0 fully saturated rings. The molecule has 1 aromatic carbocycles. The third-order valence-corrected chi connectivity index (χ3v) is 4.35. The standard InChI is InChI=1S/C17H24F4O3Si/c1-3-22-17(23-4-2)24-25-10-8-6-5-7-9-12-11-13(18)15(20)16(21)14(12)19/h11,17H,3-10H2,1-2H3. The fraction of sp³-hybridized carbons (Fsp3) is 0.647. The van der Waals surface area contributed by atoms with E-state index in [0.717, 1.165) is 31.4 Å². The maximum Gasteiger partial charge on any atom is 0.261 e. The van der Waals surface area contributed by atoms with Crippen LogP contribution in [0.25, 0.3) is 0 Å². The first-order chi connectivity index (χ1) is 12.0. The van der Waals surface area contributed by atoms with E-state index in [2.05, 4.69) is 0 Å². The van der Waals surface area contributed by atoms with Crippen molar-refractivity contribution in [3.05, 3.63) is 34.9 Å². The van der Waals surface area contributed by atoms with Gasteiger partial charge in [0.15, 0.2) is 23.3 Å². The molecule has 0 saturated carbocycles. The van der Waals surface area contributed by atoms with Gasteiger partial charge in [-0.2, -0.15) is 0 Å². The van der Waals surface area contributed by atoms with Crippen LogP contribution in [0.5, 0.6) is 0 Å². The second-order valence-electron chi connectivity index (χ2n) is 5.34. The monoisotopic (exact) mass is 380 g/mol. The molecule has 0 bridgehead atoms. The Balaban J connectivity index is 2.17. The number of aryl methyl sites for hydroxylation is 1. The summed E-state index contributed by atoms with van der Waals surface area (Å²) in [6, 6.07) is 1.58. The van der Waals surface area contributed by atoms with E-state index >= 15 is 0 Å². The molecule has 3 nitrogen and oxygen atoms in total. The van der Waals surface area contributed by atoms with E-state index in [4.69, 9.17) is 13.9 Å². The van der Waals surface area contributed by atoms with Crippen molar-refractivity contribution in [2.45, 2.75) is 58.5 Å². The zero-order valence-electron chi connectivity index (χ0n) is 14.5. The Labute approximate surface area is 148 Å². The minimum absolute atomic E-state index is 0.127. The van der Waals surface area contributed by atoms with Crippen molar-refractivity contribution in [3.8, 4) is 0 Å².